The standard InChI is InChI=1S/C12H19N5O/c1-12(2,3)5-6-18-10-8-7-14-17-9(8)15-11(13-4)16-10/h7H,5-6H2,1-4H3,(H2,13,14,15,16,17). The van der Waals surface area contributed by atoms with Gasteiger partial charge in [-0.2, -0.15) is 15.1 Å². The molecule has 2 rings (SSSR count). The van der Waals surface area contributed by atoms with Crippen LogP contribution in [0.15, 0.2) is 6.20 Å². The van der Waals surface area contributed by atoms with Gasteiger partial charge in [-0.25, -0.2) is 0 Å². The average Bonchev–Trinajstić information content (AvgIpc) is 2.75. The molecule has 2 aromatic heterocycles. The third-order valence-corrected chi connectivity index (χ3v) is 2.59. The Bertz CT molecular complexity index is 529. The van der Waals surface area contributed by atoms with Gasteiger partial charge >= 0.3 is 0 Å². The Hall–Kier alpha value is -1.85. The van der Waals surface area contributed by atoms with Gasteiger partial charge in [0.1, 0.15) is 5.39 Å². The van der Waals surface area contributed by atoms with Crippen molar-refractivity contribution >= 4 is 17.0 Å². The lowest BCUT2D eigenvalue weighted by Gasteiger charge is -2.17. The van der Waals surface area contributed by atoms with Crippen molar-refractivity contribution in [1.82, 2.24) is 20.2 Å². The zero-order valence-corrected chi connectivity index (χ0v) is 11.2. The van der Waals surface area contributed by atoms with Crippen LogP contribution in [0.2, 0.25) is 0 Å². The minimum absolute atomic E-state index is 0.244. The fourth-order valence-corrected chi connectivity index (χ4v) is 1.48. The van der Waals surface area contributed by atoms with Crippen LogP contribution in [-0.4, -0.2) is 33.8 Å². The average molecular weight is 249 g/mol. The first-order valence-corrected chi connectivity index (χ1v) is 6.01. The fourth-order valence-electron chi connectivity index (χ4n) is 1.48. The van der Waals surface area contributed by atoms with Crippen LogP contribution in [0.1, 0.15) is 27.2 Å². The largest absolute Gasteiger partial charge is 0.477 e. The second-order valence-electron chi connectivity index (χ2n) is 5.39. The molecule has 6 nitrogen and oxygen atoms in total. The molecule has 0 fully saturated rings. The Morgan fingerprint density at radius 2 is 2.11 bits per heavy atom. The number of anilines is 1. The van der Waals surface area contributed by atoms with Crippen molar-refractivity contribution in [2.75, 3.05) is 19.0 Å². The predicted octanol–water partition coefficient (Wildman–Crippen LogP) is 2.21. The third-order valence-electron chi connectivity index (χ3n) is 2.59. The smallest absolute Gasteiger partial charge is 0.229 e. The summed E-state index contributed by atoms with van der Waals surface area (Å²) in [6.07, 6.45) is 2.65. The van der Waals surface area contributed by atoms with Crippen LogP contribution in [0, 0.1) is 5.41 Å². The highest BCUT2D eigenvalue weighted by atomic mass is 16.5. The molecule has 0 aliphatic carbocycles. The first-order chi connectivity index (χ1) is 8.49. The molecule has 0 aliphatic rings. The highest BCUT2D eigenvalue weighted by Gasteiger charge is 2.13. The lowest BCUT2D eigenvalue weighted by Crippen LogP contribution is -2.12. The van der Waals surface area contributed by atoms with Gasteiger partial charge in [-0.1, -0.05) is 20.8 Å². The topological polar surface area (TPSA) is 75.7 Å². The zero-order valence-electron chi connectivity index (χ0n) is 11.2. The Balaban J connectivity index is 2.18. The maximum Gasteiger partial charge on any atom is 0.229 e. The summed E-state index contributed by atoms with van der Waals surface area (Å²) in [5, 5.41) is 10.5. The molecule has 0 unspecified atom stereocenters. The molecule has 18 heavy (non-hydrogen) atoms. The number of H-pyrrole nitrogens is 1. The van der Waals surface area contributed by atoms with E-state index in [1.165, 1.54) is 0 Å². The molecule has 2 aromatic rings. The van der Waals surface area contributed by atoms with E-state index in [4.69, 9.17) is 4.74 Å². The van der Waals surface area contributed by atoms with Crippen LogP contribution < -0.4 is 10.1 Å². The third kappa shape index (κ3) is 2.88. The Morgan fingerprint density at radius 1 is 1.33 bits per heavy atom. The van der Waals surface area contributed by atoms with Gasteiger partial charge in [-0.05, 0) is 11.8 Å². The van der Waals surface area contributed by atoms with E-state index in [2.05, 4.69) is 46.3 Å². The van der Waals surface area contributed by atoms with Gasteiger partial charge < -0.3 is 10.1 Å². The summed E-state index contributed by atoms with van der Waals surface area (Å²) in [5.74, 6) is 1.10. The van der Waals surface area contributed by atoms with E-state index < -0.39 is 0 Å². The molecule has 0 radical (unpaired) electrons. The molecule has 98 valence electrons. The summed E-state index contributed by atoms with van der Waals surface area (Å²) in [6.45, 7) is 7.18. The molecular weight excluding hydrogens is 230 g/mol. The lowest BCUT2D eigenvalue weighted by molar-refractivity contribution is 0.239. The van der Waals surface area contributed by atoms with Crippen LogP contribution in [0.3, 0.4) is 0 Å². The number of aromatic amines is 1. The number of ether oxygens (including phenoxy) is 1. The number of nitrogens with zero attached hydrogens (tertiary/aromatic N) is 3. The molecule has 0 atom stereocenters. The van der Waals surface area contributed by atoms with Crippen molar-refractivity contribution in [2.24, 2.45) is 5.41 Å². The molecule has 0 aromatic carbocycles. The van der Waals surface area contributed by atoms with Crippen molar-refractivity contribution in [3.8, 4) is 5.88 Å². The second-order valence-corrected chi connectivity index (χ2v) is 5.39. The van der Waals surface area contributed by atoms with Gasteiger partial charge in [0.2, 0.25) is 11.8 Å². The number of nitrogens with one attached hydrogen (secondary N) is 2. The van der Waals surface area contributed by atoms with Crippen molar-refractivity contribution < 1.29 is 4.74 Å². The maximum absolute atomic E-state index is 5.75. The molecule has 0 bridgehead atoms. The normalized spacial score (nSPS) is 11.8. The molecule has 0 saturated carbocycles. The fraction of sp³-hybridized carbons (Fsp3) is 0.583. The Morgan fingerprint density at radius 3 is 2.78 bits per heavy atom. The molecule has 0 aliphatic heterocycles. The highest BCUT2D eigenvalue weighted by Crippen LogP contribution is 2.24. The lowest BCUT2D eigenvalue weighted by atomic mass is 9.93. The molecule has 2 N–H and O–H groups in total. The van der Waals surface area contributed by atoms with Gasteiger partial charge in [0, 0.05) is 7.05 Å². The highest BCUT2D eigenvalue weighted by molar-refractivity contribution is 5.80. The predicted molar refractivity (Wildman–Crippen MR) is 70.8 cm³/mol. The van der Waals surface area contributed by atoms with E-state index in [9.17, 15) is 0 Å². The number of hydrogen-bond acceptors (Lipinski definition) is 5. The summed E-state index contributed by atoms with van der Waals surface area (Å²) in [6, 6.07) is 0. The van der Waals surface area contributed by atoms with E-state index in [0.717, 1.165) is 11.8 Å². The van der Waals surface area contributed by atoms with Crippen molar-refractivity contribution in [3.05, 3.63) is 6.20 Å². The first kappa shape index (κ1) is 12.6. The van der Waals surface area contributed by atoms with E-state index in [0.29, 0.717) is 24.1 Å². The van der Waals surface area contributed by atoms with E-state index >= 15 is 0 Å². The van der Waals surface area contributed by atoms with Gasteiger partial charge in [-0.3, -0.25) is 5.10 Å². The summed E-state index contributed by atoms with van der Waals surface area (Å²) in [5.41, 5.74) is 0.925. The van der Waals surface area contributed by atoms with Gasteiger partial charge in [0.25, 0.3) is 0 Å². The Labute approximate surface area is 106 Å². The van der Waals surface area contributed by atoms with E-state index in [1.807, 2.05) is 0 Å². The molecule has 0 amide bonds. The minimum Gasteiger partial charge on any atom is -0.477 e. The summed E-state index contributed by atoms with van der Waals surface area (Å²) < 4.78 is 5.75. The van der Waals surface area contributed by atoms with E-state index in [1.54, 1.807) is 13.2 Å². The van der Waals surface area contributed by atoms with Crippen molar-refractivity contribution in [3.63, 3.8) is 0 Å². The van der Waals surface area contributed by atoms with Gasteiger partial charge in [0.15, 0.2) is 5.65 Å². The summed E-state index contributed by atoms with van der Waals surface area (Å²) in [4.78, 5) is 8.56. The first-order valence-electron chi connectivity index (χ1n) is 6.01. The van der Waals surface area contributed by atoms with Crippen LogP contribution in [-0.2, 0) is 0 Å². The number of hydrogen-bond donors (Lipinski definition) is 2. The van der Waals surface area contributed by atoms with Gasteiger partial charge in [0.05, 0.1) is 12.8 Å². The summed E-state index contributed by atoms with van der Waals surface area (Å²) >= 11 is 0. The number of rotatable bonds is 4. The summed E-state index contributed by atoms with van der Waals surface area (Å²) in [7, 11) is 1.77. The van der Waals surface area contributed by atoms with Crippen LogP contribution >= 0.6 is 0 Å². The van der Waals surface area contributed by atoms with Crippen LogP contribution in [0.4, 0.5) is 5.95 Å². The van der Waals surface area contributed by atoms with Crippen molar-refractivity contribution in [2.45, 2.75) is 27.2 Å². The molecule has 0 spiro atoms. The monoisotopic (exact) mass is 249 g/mol. The minimum atomic E-state index is 0.244. The molecule has 0 saturated heterocycles. The van der Waals surface area contributed by atoms with Crippen LogP contribution in [0.5, 0.6) is 5.88 Å². The number of aromatic nitrogens is 4. The SMILES string of the molecule is CNc1nc(OCCC(C)(C)C)c2cn[nH]c2n1. The Kier molecular flexibility index (Phi) is 3.36. The second kappa shape index (κ2) is 4.80. The maximum atomic E-state index is 5.75. The molecule has 6 heteroatoms. The van der Waals surface area contributed by atoms with Crippen LogP contribution in [0.25, 0.3) is 11.0 Å². The zero-order chi connectivity index (χ0) is 13.2. The molecule has 2 heterocycles. The van der Waals surface area contributed by atoms with Crippen molar-refractivity contribution in [1.29, 1.82) is 0 Å². The number of fused-ring (bicyclic) bond motifs is 1. The van der Waals surface area contributed by atoms with Gasteiger partial charge in [-0.15, -0.1) is 0 Å². The molecular formula is C12H19N5O. The quantitative estimate of drug-likeness (QED) is 0.868. The van der Waals surface area contributed by atoms with E-state index in [-0.39, 0.29) is 5.41 Å².